The predicted octanol–water partition coefficient (Wildman–Crippen LogP) is 3.65. The lowest BCUT2D eigenvalue weighted by Crippen LogP contribution is -2.36. The van der Waals surface area contributed by atoms with Gasteiger partial charge in [0.15, 0.2) is 4.80 Å². The number of aromatic nitrogens is 4. The van der Waals surface area contributed by atoms with Crippen LogP contribution in [0, 0.1) is 0 Å². The lowest BCUT2D eigenvalue weighted by atomic mass is 10.1. The monoisotopic (exact) mass is 432 g/mol. The topological polar surface area (TPSA) is 71.3 Å². The Labute approximate surface area is 184 Å². The molecule has 0 saturated carbocycles. The highest BCUT2D eigenvalue weighted by Crippen LogP contribution is 2.25. The Morgan fingerprint density at radius 3 is 2.68 bits per heavy atom. The maximum Gasteiger partial charge on any atom is 0.190 e. The van der Waals surface area contributed by atoms with Gasteiger partial charge in [0, 0.05) is 55.2 Å². The maximum absolute atomic E-state index is 5.47. The van der Waals surface area contributed by atoms with Crippen LogP contribution in [0.5, 0.6) is 0 Å². The summed E-state index contributed by atoms with van der Waals surface area (Å²) in [5.41, 5.74) is 5.56. The van der Waals surface area contributed by atoms with Crippen LogP contribution in [0.4, 0.5) is 11.4 Å². The van der Waals surface area contributed by atoms with Crippen molar-refractivity contribution in [1.82, 2.24) is 19.5 Å². The van der Waals surface area contributed by atoms with Gasteiger partial charge in [0.05, 0.1) is 37.1 Å². The van der Waals surface area contributed by atoms with E-state index in [9.17, 15) is 0 Å². The zero-order chi connectivity index (χ0) is 20.9. The molecule has 7 nitrogen and oxygen atoms in total. The molecule has 5 rings (SSSR count). The summed E-state index contributed by atoms with van der Waals surface area (Å²) in [6.07, 6.45) is 8.01. The summed E-state index contributed by atoms with van der Waals surface area (Å²) in [5, 5.41) is 2.19. The summed E-state index contributed by atoms with van der Waals surface area (Å²) in [6.45, 7) is 4.27. The zero-order valence-electron chi connectivity index (χ0n) is 17.1. The van der Waals surface area contributed by atoms with Crippen molar-refractivity contribution in [2.24, 2.45) is 4.99 Å². The van der Waals surface area contributed by atoms with Crippen molar-refractivity contribution in [3.05, 3.63) is 77.2 Å². The van der Waals surface area contributed by atoms with E-state index in [2.05, 4.69) is 54.1 Å². The minimum atomic E-state index is 0.791. The minimum absolute atomic E-state index is 0.791. The molecule has 0 unspecified atom stereocenters. The number of hydrogen-bond donors (Lipinski definition) is 1. The quantitative estimate of drug-likeness (QED) is 0.505. The van der Waals surface area contributed by atoms with Crippen molar-refractivity contribution in [2.45, 2.75) is 13.0 Å². The zero-order valence-corrected chi connectivity index (χ0v) is 18.0. The van der Waals surface area contributed by atoms with Gasteiger partial charge in [-0.3, -0.25) is 4.98 Å². The molecular formula is C23H24N6OS. The molecule has 1 aliphatic rings. The van der Waals surface area contributed by atoms with E-state index in [4.69, 9.17) is 9.73 Å². The average molecular weight is 433 g/mol. The highest BCUT2D eigenvalue weighted by Gasteiger charge is 2.13. The van der Waals surface area contributed by atoms with Crippen molar-refractivity contribution in [3.63, 3.8) is 0 Å². The van der Waals surface area contributed by atoms with E-state index in [1.54, 1.807) is 30.1 Å². The summed E-state index contributed by atoms with van der Waals surface area (Å²) in [5.74, 6) is 0. The third kappa shape index (κ3) is 4.60. The second kappa shape index (κ2) is 9.28. The van der Waals surface area contributed by atoms with Gasteiger partial charge in [-0.15, -0.1) is 11.3 Å². The molecule has 158 valence electrons. The van der Waals surface area contributed by atoms with Gasteiger partial charge in [-0.1, -0.05) is 12.1 Å². The lowest BCUT2D eigenvalue weighted by Gasteiger charge is -2.28. The summed E-state index contributed by atoms with van der Waals surface area (Å²) in [6, 6.07) is 12.7. The number of thiazole rings is 1. The molecule has 0 bridgehead atoms. The van der Waals surface area contributed by atoms with E-state index >= 15 is 0 Å². The fraction of sp³-hybridized carbons (Fsp3) is 0.261. The molecule has 1 saturated heterocycles. The largest absolute Gasteiger partial charge is 0.378 e. The smallest absolute Gasteiger partial charge is 0.190 e. The number of rotatable bonds is 6. The number of morpholine rings is 1. The Morgan fingerprint density at radius 1 is 1.06 bits per heavy atom. The van der Waals surface area contributed by atoms with E-state index in [1.807, 2.05) is 18.3 Å². The molecule has 0 aliphatic carbocycles. The first-order chi connectivity index (χ1) is 15.4. The van der Waals surface area contributed by atoms with Crippen molar-refractivity contribution in [2.75, 3.05) is 31.2 Å². The summed E-state index contributed by atoms with van der Waals surface area (Å²) in [7, 11) is 0. The number of imidazole rings is 1. The number of hydrogen-bond acceptors (Lipinski definition) is 6. The first-order valence-electron chi connectivity index (χ1n) is 10.4. The van der Waals surface area contributed by atoms with Crippen LogP contribution in [0.2, 0.25) is 0 Å². The van der Waals surface area contributed by atoms with Crippen molar-refractivity contribution in [3.8, 4) is 11.3 Å². The molecule has 8 heteroatoms. The van der Waals surface area contributed by atoms with Gasteiger partial charge >= 0.3 is 0 Å². The summed E-state index contributed by atoms with van der Waals surface area (Å²) in [4.78, 5) is 19.7. The van der Waals surface area contributed by atoms with E-state index in [1.165, 1.54) is 16.9 Å². The Hall–Kier alpha value is -3.23. The third-order valence-electron chi connectivity index (χ3n) is 5.37. The SMILES string of the molecule is c1cncc(N=c2scc(-c3ccc(N4CCOCC4)cc3)n2CCc2cnc[nH]2)c1. The predicted molar refractivity (Wildman–Crippen MR) is 123 cm³/mol. The average Bonchev–Trinajstić information content (AvgIpc) is 3.49. The number of aryl methyl sites for hydroxylation is 1. The Balaban J connectivity index is 1.48. The molecule has 0 amide bonds. The Kier molecular flexibility index (Phi) is 5.90. The molecule has 0 spiro atoms. The van der Waals surface area contributed by atoms with Crippen LogP contribution in [0.3, 0.4) is 0 Å². The lowest BCUT2D eigenvalue weighted by molar-refractivity contribution is 0.122. The normalized spacial score (nSPS) is 14.8. The summed E-state index contributed by atoms with van der Waals surface area (Å²) >= 11 is 1.65. The van der Waals surface area contributed by atoms with Crippen LogP contribution < -0.4 is 9.70 Å². The van der Waals surface area contributed by atoms with Gasteiger partial charge in [0.1, 0.15) is 0 Å². The third-order valence-corrected chi connectivity index (χ3v) is 6.23. The molecule has 31 heavy (non-hydrogen) atoms. The van der Waals surface area contributed by atoms with Gasteiger partial charge in [0.25, 0.3) is 0 Å². The molecular weight excluding hydrogens is 408 g/mol. The van der Waals surface area contributed by atoms with Gasteiger partial charge in [-0.25, -0.2) is 9.98 Å². The summed E-state index contributed by atoms with van der Waals surface area (Å²) < 4.78 is 7.75. The van der Waals surface area contributed by atoms with Crippen LogP contribution in [-0.4, -0.2) is 45.8 Å². The fourth-order valence-electron chi connectivity index (χ4n) is 3.71. The van der Waals surface area contributed by atoms with Gasteiger partial charge in [-0.2, -0.15) is 0 Å². The van der Waals surface area contributed by atoms with Crippen LogP contribution in [-0.2, 0) is 17.7 Å². The van der Waals surface area contributed by atoms with E-state index < -0.39 is 0 Å². The number of nitrogens with one attached hydrogen (secondary N) is 1. The standard InChI is InChI=1S/C23H24N6OS/c1-2-20(15-24-8-1)27-23-29(9-7-19-14-25-17-26-19)22(16-31-23)18-3-5-21(6-4-18)28-10-12-30-13-11-28/h1-6,8,14-17H,7,9-13H2,(H,25,26). The highest BCUT2D eigenvalue weighted by atomic mass is 32.1. The first kappa shape index (κ1) is 19.7. The van der Waals surface area contributed by atoms with Gasteiger partial charge in [0.2, 0.25) is 0 Å². The molecule has 4 heterocycles. The molecule has 0 radical (unpaired) electrons. The number of H-pyrrole nitrogens is 1. The first-order valence-corrected chi connectivity index (χ1v) is 11.3. The van der Waals surface area contributed by atoms with E-state index in [-0.39, 0.29) is 0 Å². The van der Waals surface area contributed by atoms with Gasteiger partial charge < -0.3 is 19.2 Å². The second-order valence-electron chi connectivity index (χ2n) is 7.35. The van der Waals surface area contributed by atoms with Crippen LogP contribution >= 0.6 is 11.3 Å². The van der Waals surface area contributed by atoms with Gasteiger partial charge in [-0.05, 0) is 29.8 Å². The molecule has 1 fully saturated rings. The number of benzene rings is 1. The van der Waals surface area contributed by atoms with Crippen molar-refractivity contribution in [1.29, 1.82) is 0 Å². The Morgan fingerprint density at radius 2 is 1.94 bits per heavy atom. The van der Waals surface area contributed by atoms with Crippen LogP contribution in [0.25, 0.3) is 11.3 Å². The van der Waals surface area contributed by atoms with Crippen molar-refractivity contribution < 1.29 is 4.74 Å². The second-order valence-corrected chi connectivity index (χ2v) is 8.19. The van der Waals surface area contributed by atoms with E-state index in [0.29, 0.717) is 0 Å². The molecule has 1 aliphatic heterocycles. The molecule has 3 aromatic heterocycles. The number of aromatic amines is 1. The highest BCUT2D eigenvalue weighted by molar-refractivity contribution is 7.07. The van der Waals surface area contributed by atoms with Crippen molar-refractivity contribution >= 4 is 22.7 Å². The molecule has 4 aromatic rings. The number of pyridine rings is 1. The van der Waals surface area contributed by atoms with Crippen LogP contribution in [0.15, 0.2) is 71.7 Å². The molecule has 0 atom stereocenters. The fourth-order valence-corrected chi connectivity index (χ4v) is 4.67. The minimum Gasteiger partial charge on any atom is -0.378 e. The van der Waals surface area contributed by atoms with Crippen LogP contribution in [0.1, 0.15) is 5.69 Å². The van der Waals surface area contributed by atoms with E-state index in [0.717, 1.165) is 55.5 Å². The number of ether oxygens (including phenoxy) is 1. The number of nitrogens with zero attached hydrogens (tertiary/aromatic N) is 5. The maximum atomic E-state index is 5.47. The molecule has 1 aromatic carbocycles. The number of anilines is 1. The molecule has 1 N–H and O–H groups in total. The Bertz CT molecular complexity index is 1160.